The summed E-state index contributed by atoms with van der Waals surface area (Å²) in [5.41, 5.74) is 1.75. The lowest BCUT2D eigenvalue weighted by atomic mass is 9.23. The quantitative estimate of drug-likeness (QED) is 0.629. The number of carbonyl (C=O) groups excluding carboxylic acids is 1. The van der Waals surface area contributed by atoms with Gasteiger partial charge >= 0.3 is 6.09 Å². The molecule has 1 saturated carbocycles. The Labute approximate surface area is 113 Å². The molecule has 19 heavy (non-hydrogen) atoms. The molecule has 1 aliphatic heterocycles. The first kappa shape index (κ1) is 12.6. The Morgan fingerprint density at radius 1 is 1.11 bits per heavy atom. The molecule has 0 spiro atoms. The van der Waals surface area contributed by atoms with Crippen molar-refractivity contribution >= 4 is 6.09 Å². The Kier molecular flexibility index (Phi) is 1.90. The zero-order chi connectivity index (χ0) is 14.4. The molecule has 0 bridgehead atoms. The minimum atomic E-state index is -0.453. The van der Waals surface area contributed by atoms with Gasteiger partial charge in [0.1, 0.15) is 11.1 Å². The first-order chi connectivity index (χ1) is 8.64. The number of fused-ring (bicyclic) bond motifs is 4. The fourth-order valence-electron chi connectivity index (χ4n) is 5.20. The fraction of sp³-hybridized carbons (Fsp3) is 0.786. The van der Waals surface area contributed by atoms with E-state index in [1.807, 2.05) is 0 Å². The van der Waals surface area contributed by atoms with E-state index in [1.54, 1.807) is 0 Å². The van der Waals surface area contributed by atoms with Gasteiger partial charge in [0.25, 0.3) is 0 Å². The highest BCUT2D eigenvalue weighted by Gasteiger charge is 2.90. The van der Waals surface area contributed by atoms with Crippen LogP contribution < -0.4 is 0 Å². The van der Waals surface area contributed by atoms with Crippen molar-refractivity contribution < 1.29 is 9.53 Å². The molecule has 0 aromatic rings. The van der Waals surface area contributed by atoms with Crippen LogP contribution in [-0.4, -0.2) is 29.3 Å². The summed E-state index contributed by atoms with van der Waals surface area (Å²) in [5, 5.41) is 10.0. The molecule has 0 N–H and O–H groups in total. The molecule has 4 atom stereocenters. The summed E-state index contributed by atoms with van der Waals surface area (Å²) in [7, 11) is 1.38. The van der Waals surface area contributed by atoms with Crippen LogP contribution in [0.2, 0.25) is 0 Å². The van der Waals surface area contributed by atoms with E-state index in [2.05, 4.69) is 51.9 Å². The Morgan fingerprint density at radius 3 is 2.16 bits per heavy atom. The van der Waals surface area contributed by atoms with E-state index in [0.717, 1.165) is 0 Å². The Bertz CT molecular complexity index is 569. The highest BCUT2D eigenvalue weighted by molar-refractivity contribution is 5.73. The predicted octanol–water partition coefficient (Wildman–Crippen LogP) is 3.33. The van der Waals surface area contributed by atoms with Gasteiger partial charge in [0, 0.05) is 10.8 Å². The van der Waals surface area contributed by atoms with Gasteiger partial charge in [-0.3, -0.25) is 0 Å². The molecule has 1 amide bonds. The Balaban J connectivity index is 2.20. The summed E-state index contributed by atoms with van der Waals surface area (Å²) in [5.74, 6) is 0. The van der Waals surface area contributed by atoms with Crippen molar-refractivity contribution in [1.29, 1.82) is 0 Å². The molecule has 0 radical (unpaired) electrons. The van der Waals surface area contributed by atoms with Crippen molar-refractivity contribution in [2.75, 3.05) is 7.11 Å². The maximum absolute atomic E-state index is 12.0. The van der Waals surface area contributed by atoms with Crippen LogP contribution >= 0.6 is 0 Å². The van der Waals surface area contributed by atoms with Gasteiger partial charge in [0.15, 0.2) is 0 Å². The smallest absolute Gasteiger partial charge is 0.432 e. The molecular weight excluding hydrogens is 242 g/mol. The second kappa shape index (κ2) is 2.86. The number of rotatable bonds is 0. The van der Waals surface area contributed by atoms with Crippen LogP contribution in [0.3, 0.4) is 0 Å². The van der Waals surface area contributed by atoms with E-state index < -0.39 is 11.6 Å². The molecular formula is C14H21N3O2. The monoisotopic (exact) mass is 263 g/mol. The van der Waals surface area contributed by atoms with Crippen molar-refractivity contribution in [3.8, 4) is 0 Å². The van der Waals surface area contributed by atoms with E-state index in [0.29, 0.717) is 0 Å². The first-order valence-corrected chi connectivity index (χ1v) is 6.64. The number of hydrogen-bond donors (Lipinski definition) is 0. The van der Waals surface area contributed by atoms with Crippen molar-refractivity contribution in [2.45, 2.75) is 52.6 Å². The normalized spacial score (nSPS) is 50.4. The fourth-order valence-corrected chi connectivity index (χ4v) is 5.20. The third-order valence-corrected chi connectivity index (χ3v) is 7.06. The zero-order valence-electron chi connectivity index (χ0n) is 12.7. The second-order valence-corrected chi connectivity index (χ2v) is 6.62. The molecule has 0 saturated heterocycles. The largest absolute Gasteiger partial charge is 0.451 e. The van der Waals surface area contributed by atoms with Crippen LogP contribution in [0.4, 0.5) is 4.79 Å². The minimum absolute atomic E-state index is 0.0366. The van der Waals surface area contributed by atoms with Gasteiger partial charge in [-0.1, -0.05) is 30.2 Å². The molecule has 5 nitrogen and oxygen atoms in total. The molecule has 0 aromatic carbocycles. The van der Waals surface area contributed by atoms with E-state index in [-0.39, 0.29) is 16.4 Å². The van der Waals surface area contributed by atoms with Crippen molar-refractivity contribution in [3.63, 3.8) is 0 Å². The van der Waals surface area contributed by atoms with Crippen LogP contribution in [0.15, 0.2) is 21.5 Å². The standard InChI is InChI=1S/C14H21N3O2/c1-8-9(2)12(4)11(8,3)13(5)14(12,6)17(16-15-13)10(18)19-7/h1-7H3/t11-,12-,13+,14+/m0/s1. The van der Waals surface area contributed by atoms with Gasteiger partial charge in [-0.05, 0) is 27.7 Å². The lowest BCUT2D eigenvalue weighted by molar-refractivity contribution is -0.225. The van der Waals surface area contributed by atoms with Crippen LogP contribution in [0.5, 0.6) is 0 Å². The number of amides is 1. The predicted molar refractivity (Wildman–Crippen MR) is 70.5 cm³/mol. The molecule has 0 unspecified atom stereocenters. The zero-order valence-corrected chi connectivity index (χ0v) is 12.7. The highest BCUT2D eigenvalue weighted by atomic mass is 16.5. The topological polar surface area (TPSA) is 54.3 Å². The number of nitrogens with zero attached hydrogens (tertiary/aromatic N) is 3. The molecule has 5 heteroatoms. The number of hydrogen-bond acceptors (Lipinski definition) is 4. The van der Waals surface area contributed by atoms with E-state index in [1.165, 1.54) is 23.3 Å². The first-order valence-electron chi connectivity index (χ1n) is 6.64. The van der Waals surface area contributed by atoms with Crippen molar-refractivity contribution in [1.82, 2.24) is 5.01 Å². The second-order valence-electron chi connectivity index (χ2n) is 6.62. The van der Waals surface area contributed by atoms with Gasteiger partial charge in [-0.2, -0.15) is 10.1 Å². The summed E-state index contributed by atoms with van der Waals surface area (Å²) < 4.78 is 4.86. The van der Waals surface area contributed by atoms with E-state index in [4.69, 9.17) is 4.74 Å². The van der Waals surface area contributed by atoms with Gasteiger partial charge in [0.2, 0.25) is 0 Å². The van der Waals surface area contributed by atoms with E-state index >= 15 is 0 Å². The number of methoxy groups -OCH3 is 1. The third-order valence-electron chi connectivity index (χ3n) is 7.06. The van der Waals surface area contributed by atoms with Gasteiger partial charge in [-0.25, -0.2) is 4.79 Å². The summed E-state index contributed by atoms with van der Waals surface area (Å²) in [4.78, 5) is 12.0. The number of ether oxygens (including phenoxy) is 1. The summed E-state index contributed by atoms with van der Waals surface area (Å²) >= 11 is 0. The van der Waals surface area contributed by atoms with Crippen LogP contribution in [0.25, 0.3) is 0 Å². The minimum Gasteiger partial charge on any atom is -0.451 e. The molecule has 1 fully saturated rings. The molecule has 3 rings (SSSR count). The maximum Gasteiger partial charge on any atom is 0.432 e. The molecule has 104 valence electrons. The van der Waals surface area contributed by atoms with Crippen molar-refractivity contribution in [3.05, 3.63) is 11.1 Å². The SMILES string of the molecule is COC(=O)N1N=N[C@]2(C)[C@@]3(C)C(C)=C(C)[C@]3(C)[C@@]12C. The van der Waals surface area contributed by atoms with Crippen LogP contribution in [0.1, 0.15) is 41.5 Å². The molecule has 0 aromatic heterocycles. The highest BCUT2D eigenvalue weighted by Crippen LogP contribution is 2.84. The van der Waals surface area contributed by atoms with Crippen molar-refractivity contribution in [2.24, 2.45) is 21.2 Å². The lowest BCUT2D eigenvalue weighted by Gasteiger charge is -2.81. The van der Waals surface area contributed by atoms with Crippen LogP contribution in [0, 0.1) is 10.8 Å². The average molecular weight is 263 g/mol. The summed E-state index contributed by atoms with van der Waals surface area (Å²) in [6.07, 6.45) is -0.435. The van der Waals surface area contributed by atoms with Gasteiger partial charge in [-0.15, -0.1) is 0 Å². The van der Waals surface area contributed by atoms with Crippen LogP contribution in [-0.2, 0) is 4.74 Å². The van der Waals surface area contributed by atoms with Gasteiger partial charge in [0.05, 0.1) is 7.11 Å². The average Bonchev–Trinajstić information content (AvgIpc) is 2.67. The van der Waals surface area contributed by atoms with Gasteiger partial charge < -0.3 is 4.74 Å². The molecule has 2 aliphatic carbocycles. The maximum atomic E-state index is 12.0. The van der Waals surface area contributed by atoms with E-state index in [9.17, 15) is 4.79 Å². The summed E-state index contributed by atoms with van der Waals surface area (Å²) in [6.45, 7) is 12.9. The Morgan fingerprint density at radius 2 is 1.63 bits per heavy atom. The third kappa shape index (κ3) is 0.753. The lowest BCUT2D eigenvalue weighted by Crippen LogP contribution is -2.89. The molecule has 1 heterocycles. The number of carbonyl (C=O) groups is 1. The Hall–Kier alpha value is -1.39. The molecule has 3 aliphatic rings. The summed E-state index contributed by atoms with van der Waals surface area (Å²) in [6, 6.07) is 0.